The molecule has 0 aliphatic carbocycles. The predicted octanol–water partition coefficient (Wildman–Crippen LogP) is 5.30. The van der Waals surface area contributed by atoms with Crippen LogP contribution in [0.5, 0.6) is 5.75 Å². The van der Waals surface area contributed by atoms with Crippen molar-refractivity contribution < 1.29 is 17.9 Å². The maximum Gasteiger partial charge on any atom is 0.416 e. The van der Waals surface area contributed by atoms with E-state index in [2.05, 4.69) is 20.6 Å². The smallest absolute Gasteiger partial charge is 0.416 e. The predicted molar refractivity (Wildman–Crippen MR) is 97.8 cm³/mol. The van der Waals surface area contributed by atoms with Crippen molar-refractivity contribution in [1.82, 2.24) is 9.97 Å². The topological polar surface area (TPSA) is 59.1 Å². The molecule has 0 radical (unpaired) electrons. The number of ether oxygens (including phenoxy) is 1. The van der Waals surface area contributed by atoms with Gasteiger partial charge in [-0.1, -0.05) is 6.07 Å². The lowest BCUT2D eigenvalue weighted by atomic mass is 10.2. The Morgan fingerprint density at radius 3 is 2.37 bits per heavy atom. The molecule has 0 bridgehead atoms. The van der Waals surface area contributed by atoms with E-state index >= 15 is 0 Å². The Balaban J connectivity index is 1.77. The van der Waals surface area contributed by atoms with Crippen LogP contribution >= 0.6 is 0 Å². The van der Waals surface area contributed by atoms with Crippen LogP contribution in [0, 0.1) is 6.92 Å². The van der Waals surface area contributed by atoms with Gasteiger partial charge in [0.05, 0.1) is 18.4 Å². The fourth-order valence-electron chi connectivity index (χ4n) is 2.42. The molecule has 1 heterocycles. The highest BCUT2D eigenvalue weighted by Gasteiger charge is 2.29. The monoisotopic (exact) mass is 374 g/mol. The summed E-state index contributed by atoms with van der Waals surface area (Å²) < 4.78 is 43.2. The van der Waals surface area contributed by atoms with Crippen LogP contribution in [-0.4, -0.2) is 17.1 Å². The van der Waals surface area contributed by atoms with Gasteiger partial charge >= 0.3 is 6.18 Å². The van der Waals surface area contributed by atoms with Crippen molar-refractivity contribution in [2.75, 3.05) is 17.7 Å². The average Bonchev–Trinajstić information content (AvgIpc) is 2.62. The summed E-state index contributed by atoms with van der Waals surface area (Å²) in [6.07, 6.45) is -2.82. The number of anilines is 4. The normalized spacial score (nSPS) is 11.1. The molecule has 27 heavy (non-hydrogen) atoms. The molecule has 0 unspecified atom stereocenters. The molecule has 0 atom stereocenters. The van der Waals surface area contributed by atoms with Crippen LogP contribution < -0.4 is 15.4 Å². The second-order valence-electron chi connectivity index (χ2n) is 5.79. The number of benzene rings is 2. The number of rotatable bonds is 5. The van der Waals surface area contributed by atoms with Crippen LogP contribution in [-0.2, 0) is 6.18 Å². The van der Waals surface area contributed by atoms with Gasteiger partial charge in [0.1, 0.15) is 11.6 Å². The molecular weight excluding hydrogens is 357 g/mol. The average molecular weight is 374 g/mol. The Hall–Kier alpha value is -3.29. The number of hydrogen-bond donors (Lipinski definition) is 2. The van der Waals surface area contributed by atoms with Gasteiger partial charge in [-0.05, 0) is 55.0 Å². The van der Waals surface area contributed by atoms with Crippen molar-refractivity contribution in [2.45, 2.75) is 13.1 Å². The van der Waals surface area contributed by atoms with Crippen molar-refractivity contribution in [1.29, 1.82) is 0 Å². The molecule has 0 spiro atoms. The first kappa shape index (κ1) is 18.5. The lowest BCUT2D eigenvalue weighted by molar-refractivity contribution is -0.137. The summed E-state index contributed by atoms with van der Waals surface area (Å²) in [6, 6.07) is 12.0. The Morgan fingerprint density at radius 2 is 1.70 bits per heavy atom. The Kier molecular flexibility index (Phi) is 5.16. The minimum absolute atomic E-state index is 0.256. The SMILES string of the molecule is COc1ccc(C)cc1Nc1ccnc(Nc2ccc(C(F)(F)F)cc2)n1. The van der Waals surface area contributed by atoms with Gasteiger partial charge in [-0.3, -0.25) is 0 Å². The van der Waals surface area contributed by atoms with E-state index in [4.69, 9.17) is 4.74 Å². The third kappa shape index (κ3) is 4.66. The number of methoxy groups -OCH3 is 1. The van der Waals surface area contributed by atoms with Gasteiger partial charge in [0.15, 0.2) is 0 Å². The highest BCUT2D eigenvalue weighted by Crippen LogP contribution is 2.31. The minimum Gasteiger partial charge on any atom is -0.495 e. The summed E-state index contributed by atoms with van der Waals surface area (Å²) in [5.74, 6) is 1.44. The van der Waals surface area contributed by atoms with Crippen LogP contribution in [0.25, 0.3) is 0 Å². The van der Waals surface area contributed by atoms with Crippen molar-refractivity contribution in [3.05, 3.63) is 65.9 Å². The maximum atomic E-state index is 12.6. The second-order valence-corrected chi connectivity index (χ2v) is 5.79. The molecule has 0 saturated heterocycles. The first-order valence-electron chi connectivity index (χ1n) is 8.04. The maximum absolute atomic E-state index is 12.6. The molecule has 0 aliphatic heterocycles. The van der Waals surface area contributed by atoms with Gasteiger partial charge in [0.2, 0.25) is 5.95 Å². The lowest BCUT2D eigenvalue weighted by Gasteiger charge is -2.12. The molecule has 140 valence electrons. The third-order valence-electron chi connectivity index (χ3n) is 3.74. The van der Waals surface area contributed by atoms with E-state index < -0.39 is 11.7 Å². The van der Waals surface area contributed by atoms with Crippen LogP contribution in [0.3, 0.4) is 0 Å². The van der Waals surface area contributed by atoms with Crippen LogP contribution in [0.15, 0.2) is 54.7 Å². The fourth-order valence-corrected chi connectivity index (χ4v) is 2.42. The molecule has 0 aliphatic rings. The minimum atomic E-state index is -4.37. The van der Waals surface area contributed by atoms with Crippen molar-refractivity contribution in [2.24, 2.45) is 0 Å². The van der Waals surface area contributed by atoms with E-state index in [-0.39, 0.29) is 5.95 Å². The van der Waals surface area contributed by atoms with Crippen LogP contribution in [0.2, 0.25) is 0 Å². The number of aromatic nitrogens is 2. The van der Waals surface area contributed by atoms with E-state index in [1.807, 2.05) is 25.1 Å². The van der Waals surface area contributed by atoms with Crippen molar-refractivity contribution in [3.8, 4) is 5.75 Å². The number of nitrogens with zero attached hydrogens (tertiary/aromatic N) is 2. The molecule has 3 aromatic rings. The van der Waals surface area contributed by atoms with Crippen molar-refractivity contribution >= 4 is 23.1 Å². The van der Waals surface area contributed by atoms with Gasteiger partial charge in [-0.2, -0.15) is 18.2 Å². The molecule has 3 rings (SSSR count). The number of halogens is 3. The lowest BCUT2D eigenvalue weighted by Crippen LogP contribution is -2.05. The van der Waals surface area contributed by atoms with E-state index in [0.717, 1.165) is 23.4 Å². The summed E-state index contributed by atoms with van der Waals surface area (Å²) in [7, 11) is 1.58. The summed E-state index contributed by atoms with van der Waals surface area (Å²) in [5, 5.41) is 6.04. The molecule has 8 heteroatoms. The second kappa shape index (κ2) is 7.53. The van der Waals surface area contributed by atoms with E-state index in [1.165, 1.54) is 12.1 Å². The first-order chi connectivity index (χ1) is 12.8. The zero-order valence-electron chi connectivity index (χ0n) is 14.6. The van der Waals surface area contributed by atoms with Gasteiger partial charge in [-0.15, -0.1) is 0 Å². The summed E-state index contributed by atoms with van der Waals surface area (Å²) in [6.45, 7) is 1.96. The van der Waals surface area contributed by atoms with Gasteiger partial charge in [-0.25, -0.2) is 4.98 Å². The fraction of sp³-hybridized carbons (Fsp3) is 0.158. The zero-order valence-corrected chi connectivity index (χ0v) is 14.6. The number of nitrogens with one attached hydrogen (secondary N) is 2. The molecule has 0 amide bonds. The Bertz CT molecular complexity index is 927. The number of aryl methyl sites for hydroxylation is 1. The van der Waals surface area contributed by atoms with E-state index in [0.29, 0.717) is 17.3 Å². The van der Waals surface area contributed by atoms with Gasteiger partial charge in [0, 0.05) is 11.9 Å². The molecule has 2 aromatic carbocycles. The van der Waals surface area contributed by atoms with Gasteiger partial charge in [0.25, 0.3) is 0 Å². The largest absolute Gasteiger partial charge is 0.495 e. The van der Waals surface area contributed by atoms with E-state index in [9.17, 15) is 13.2 Å². The van der Waals surface area contributed by atoms with E-state index in [1.54, 1.807) is 19.4 Å². The summed E-state index contributed by atoms with van der Waals surface area (Å²) in [5.41, 5.74) is 1.54. The van der Waals surface area contributed by atoms with Crippen LogP contribution in [0.1, 0.15) is 11.1 Å². The molecule has 1 aromatic heterocycles. The molecule has 2 N–H and O–H groups in total. The zero-order chi connectivity index (χ0) is 19.4. The standard InChI is InChI=1S/C19H17F3N4O/c1-12-3-8-16(27-2)15(11-12)25-17-9-10-23-18(26-17)24-14-6-4-13(5-7-14)19(20,21)22/h3-11H,1-2H3,(H2,23,24,25,26). The summed E-state index contributed by atoms with van der Waals surface area (Å²) >= 11 is 0. The Labute approximate surface area is 154 Å². The third-order valence-corrected chi connectivity index (χ3v) is 3.74. The molecular formula is C19H17F3N4O. The number of hydrogen-bond acceptors (Lipinski definition) is 5. The molecule has 0 saturated carbocycles. The van der Waals surface area contributed by atoms with Crippen LogP contribution in [0.4, 0.5) is 36.3 Å². The molecule has 0 fully saturated rings. The van der Waals surface area contributed by atoms with Crippen molar-refractivity contribution in [3.63, 3.8) is 0 Å². The number of alkyl halides is 3. The molecule has 5 nitrogen and oxygen atoms in total. The van der Waals surface area contributed by atoms with Gasteiger partial charge < -0.3 is 15.4 Å². The highest BCUT2D eigenvalue weighted by atomic mass is 19.4. The summed E-state index contributed by atoms with van der Waals surface area (Å²) in [4.78, 5) is 8.42. The Morgan fingerprint density at radius 1 is 0.963 bits per heavy atom. The first-order valence-corrected chi connectivity index (χ1v) is 8.04. The highest BCUT2D eigenvalue weighted by molar-refractivity contribution is 5.66. The quantitative estimate of drug-likeness (QED) is 0.635.